The summed E-state index contributed by atoms with van der Waals surface area (Å²) in [6.07, 6.45) is -0.415. The Morgan fingerprint density at radius 1 is 1.32 bits per heavy atom. The SMILES string of the molecule is CC(C)OC(=O)CNS(=O)(=O)c1c(F)cccc1F. The van der Waals surface area contributed by atoms with Crippen LogP contribution in [0.25, 0.3) is 0 Å². The van der Waals surface area contributed by atoms with Gasteiger partial charge >= 0.3 is 5.97 Å². The number of carbonyl (C=O) groups excluding carboxylic acids is 1. The summed E-state index contributed by atoms with van der Waals surface area (Å²) in [5.74, 6) is -3.30. The Labute approximate surface area is 109 Å². The Bertz CT molecular complexity index is 552. The monoisotopic (exact) mass is 293 g/mol. The van der Waals surface area contributed by atoms with Gasteiger partial charge in [0.25, 0.3) is 0 Å². The molecule has 0 bridgehead atoms. The van der Waals surface area contributed by atoms with Crippen molar-refractivity contribution >= 4 is 16.0 Å². The van der Waals surface area contributed by atoms with Crippen molar-refractivity contribution in [1.29, 1.82) is 0 Å². The lowest BCUT2D eigenvalue weighted by atomic mass is 10.3. The molecular formula is C11H13F2NO4S. The van der Waals surface area contributed by atoms with Gasteiger partial charge in [-0.05, 0) is 26.0 Å². The minimum Gasteiger partial charge on any atom is -0.462 e. The molecule has 5 nitrogen and oxygen atoms in total. The van der Waals surface area contributed by atoms with E-state index in [1.807, 2.05) is 0 Å². The van der Waals surface area contributed by atoms with Gasteiger partial charge in [0.1, 0.15) is 18.2 Å². The molecule has 0 saturated heterocycles. The van der Waals surface area contributed by atoms with Crippen LogP contribution in [0.5, 0.6) is 0 Å². The van der Waals surface area contributed by atoms with E-state index >= 15 is 0 Å². The smallest absolute Gasteiger partial charge is 0.321 e. The Balaban J connectivity index is 2.85. The predicted molar refractivity (Wildman–Crippen MR) is 62.8 cm³/mol. The van der Waals surface area contributed by atoms with E-state index in [2.05, 4.69) is 4.74 Å². The van der Waals surface area contributed by atoms with Gasteiger partial charge in [-0.2, -0.15) is 4.72 Å². The number of ether oxygens (including phenoxy) is 1. The normalized spacial score (nSPS) is 11.6. The Hall–Kier alpha value is -1.54. The maximum atomic E-state index is 13.3. The van der Waals surface area contributed by atoms with Crippen molar-refractivity contribution in [2.24, 2.45) is 0 Å². The van der Waals surface area contributed by atoms with Crippen LogP contribution < -0.4 is 4.72 Å². The van der Waals surface area contributed by atoms with E-state index in [9.17, 15) is 22.0 Å². The molecule has 0 aromatic heterocycles. The number of nitrogens with one attached hydrogen (secondary N) is 1. The number of esters is 1. The maximum absolute atomic E-state index is 13.3. The summed E-state index contributed by atoms with van der Waals surface area (Å²) in [4.78, 5) is 10.0. The molecule has 1 N–H and O–H groups in total. The zero-order valence-corrected chi connectivity index (χ0v) is 11.1. The average Bonchev–Trinajstić information content (AvgIpc) is 2.25. The van der Waals surface area contributed by atoms with Gasteiger partial charge in [-0.3, -0.25) is 4.79 Å². The van der Waals surface area contributed by atoms with Gasteiger partial charge in [0, 0.05) is 0 Å². The highest BCUT2D eigenvalue weighted by atomic mass is 32.2. The highest BCUT2D eigenvalue weighted by Crippen LogP contribution is 2.17. The topological polar surface area (TPSA) is 72.5 Å². The van der Waals surface area contributed by atoms with Crippen LogP contribution in [-0.2, 0) is 19.6 Å². The lowest BCUT2D eigenvalue weighted by Crippen LogP contribution is -2.32. The molecule has 0 aliphatic rings. The van der Waals surface area contributed by atoms with Gasteiger partial charge in [-0.25, -0.2) is 17.2 Å². The van der Waals surface area contributed by atoms with Crippen LogP contribution >= 0.6 is 0 Å². The van der Waals surface area contributed by atoms with Crippen LogP contribution in [0.4, 0.5) is 8.78 Å². The molecule has 0 aliphatic carbocycles. The van der Waals surface area contributed by atoms with Crippen molar-refractivity contribution < 1.29 is 26.7 Å². The zero-order chi connectivity index (χ0) is 14.6. The van der Waals surface area contributed by atoms with Crippen molar-refractivity contribution in [3.63, 3.8) is 0 Å². The summed E-state index contributed by atoms with van der Waals surface area (Å²) in [6.45, 7) is 2.47. The van der Waals surface area contributed by atoms with E-state index in [0.29, 0.717) is 0 Å². The van der Waals surface area contributed by atoms with Crippen molar-refractivity contribution in [1.82, 2.24) is 4.72 Å². The first-order valence-corrected chi connectivity index (χ1v) is 6.85. The van der Waals surface area contributed by atoms with Gasteiger partial charge < -0.3 is 4.74 Å². The molecule has 0 heterocycles. The summed E-state index contributed by atoms with van der Waals surface area (Å²) < 4.78 is 56.4. The van der Waals surface area contributed by atoms with E-state index in [4.69, 9.17) is 0 Å². The van der Waals surface area contributed by atoms with Crippen LogP contribution in [-0.4, -0.2) is 27.0 Å². The number of hydrogen-bond acceptors (Lipinski definition) is 4. The largest absolute Gasteiger partial charge is 0.462 e. The van der Waals surface area contributed by atoms with Gasteiger partial charge in [-0.15, -0.1) is 0 Å². The number of hydrogen-bond donors (Lipinski definition) is 1. The van der Waals surface area contributed by atoms with Crippen LogP contribution in [0.15, 0.2) is 23.1 Å². The number of carbonyl (C=O) groups is 1. The number of sulfonamides is 1. The van der Waals surface area contributed by atoms with Gasteiger partial charge in [0.05, 0.1) is 6.10 Å². The molecule has 1 rings (SSSR count). The molecule has 1 aromatic rings. The standard InChI is InChI=1S/C11H13F2NO4S/c1-7(2)18-10(15)6-14-19(16,17)11-8(12)4-3-5-9(11)13/h3-5,7,14H,6H2,1-2H3. The molecule has 0 radical (unpaired) electrons. The quantitative estimate of drug-likeness (QED) is 0.828. The molecule has 8 heteroatoms. The lowest BCUT2D eigenvalue weighted by molar-refractivity contribution is -0.145. The van der Waals surface area contributed by atoms with Crippen LogP contribution in [0, 0.1) is 11.6 Å². The maximum Gasteiger partial charge on any atom is 0.321 e. The second-order valence-corrected chi connectivity index (χ2v) is 5.62. The summed E-state index contributed by atoms with van der Waals surface area (Å²) >= 11 is 0. The van der Waals surface area contributed by atoms with E-state index < -0.39 is 45.2 Å². The molecule has 0 fully saturated rings. The third kappa shape index (κ3) is 4.25. The molecule has 19 heavy (non-hydrogen) atoms. The first kappa shape index (κ1) is 15.5. The van der Waals surface area contributed by atoms with E-state index in [1.165, 1.54) is 0 Å². The molecule has 0 saturated carbocycles. The molecule has 0 amide bonds. The summed E-state index contributed by atoms with van der Waals surface area (Å²) in [6, 6.07) is 2.66. The Morgan fingerprint density at radius 3 is 2.32 bits per heavy atom. The highest BCUT2D eigenvalue weighted by Gasteiger charge is 2.24. The highest BCUT2D eigenvalue weighted by molar-refractivity contribution is 7.89. The van der Waals surface area contributed by atoms with E-state index in [1.54, 1.807) is 18.6 Å². The summed E-state index contributed by atoms with van der Waals surface area (Å²) in [7, 11) is -4.45. The van der Waals surface area contributed by atoms with Crippen LogP contribution in [0.1, 0.15) is 13.8 Å². The van der Waals surface area contributed by atoms with Crippen molar-refractivity contribution in [2.75, 3.05) is 6.54 Å². The minimum atomic E-state index is -4.45. The fraction of sp³-hybridized carbons (Fsp3) is 0.364. The Morgan fingerprint density at radius 2 is 1.84 bits per heavy atom. The van der Waals surface area contributed by atoms with Crippen molar-refractivity contribution in [2.45, 2.75) is 24.8 Å². The fourth-order valence-electron chi connectivity index (χ4n) is 1.27. The number of halogens is 2. The summed E-state index contributed by atoms with van der Waals surface area (Å²) in [5, 5.41) is 0. The van der Waals surface area contributed by atoms with E-state index in [0.717, 1.165) is 18.2 Å². The minimum absolute atomic E-state index is 0.415. The predicted octanol–water partition coefficient (Wildman–Crippen LogP) is 1.19. The van der Waals surface area contributed by atoms with Crippen molar-refractivity contribution in [3.05, 3.63) is 29.8 Å². The van der Waals surface area contributed by atoms with Crippen LogP contribution in [0.2, 0.25) is 0 Å². The van der Waals surface area contributed by atoms with Gasteiger partial charge in [-0.1, -0.05) is 6.07 Å². The number of rotatable bonds is 5. The van der Waals surface area contributed by atoms with E-state index in [-0.39, 0.29) is 0 Å². The molecule has 0 atom stereocenters. The summed E-state index contributed by atoms with van der Waals surface area (Å²) in [5.41, 5.74) is 0. The Kier molecular flexibility index (Phi) is 4.96. The van der Waals surface area contributed by atoms with Gasteiger partial charge in [0.15, 0.2) is 4.90 Å². The first-order chi connectivity index (χ1) is 8.74. The molecule has 106 valence electrons. The molecule has 0 aliphatic heterocycles. The number of benzene rings is 1. The van der Waals surface area contributed by atoms with Crippen LogP contribution in [0.3, 0.4) is 0 Å². The van der Waals surface area contributed by atoms with Crippen molar-refractivity contribution in [3.8, 4) is 0 Å². The molecule has 1 aromatic carbocycles. The molecular weight excluding hydrogens is 280 g/mol. The second-order valence-electron chi connectivity index (χ2n) is 3.91. The third-order valence-corrected chi connectivity index (χ3v) is 3.41. The third-order valence-electron chi connectivity index (χ3n) is 1.96. The molecule has 0 unspecified atom stereocenters. The lowest BCUT2D eigenvalue weighted by Gasteiger charge is -2.10. The second kappa shape index (κ2) is 6.07. The zero-order valence-electron chi connectivity index (χ0n) is 10.3. The molecule has 0 spiro atoms. The fourth-order valence-corrected chi connectivity index (χ4v) is 2.37. The van der Waals surface area contributed by atoms with Gasteiger partial charge in [0.2, 0.25) is 10.0 Å². The first-order valence-electron chi connectivity index (χ1n) is 5.37. The average molecular weight is 293 g/mol.